The molecule has 2 aromatic rings. The van der Waals surface area contributed by atoms with Gasteiger partial charge in [0.15, 0.2) is 17.5 Å². The van der Waals surface area contributed by atoms with E-state index in [4.69, 9.17) is 15.2 Å². The average molecular weight is 409 g/mol. The molecule has 0 bridgehead atoms. The van der Waals surface area contributed by atoms with E-state index in [1.807, 2.05) is 41.3 Å². The van der Waals surface area contributed by atoms with Gasteiger partial charge in [0, 0.05) is 50.1 Å². The number of anilines is 1. The van der Waals surface area contributed by atoms with Gasteiger partial charge in [0.05, 0.1) is 13.2 Å². The molecule has 7 nitrogen and oxygen atoms in total. The van der Waals surface area contributed by atoms with E-state index in [2.05, 4.69) is 22.4 Å². The van der Waals surface area contributed by atoms with Crippen LogP contribution in [0.25, 0.3) is 0 Å². The summed E-state index contributed by atoms with van der Waals surface area (Å²) in [4.78, 5) is 18.7. The van der Waals surface area contributed by atoms with Crippen LogP contribution >= 0.6 is 0 Å². The van der Waals surface area contributed by atoms with Crippen molar-refractivity contribution in [1.82, 2.24) is 4.90 Å². The molecule has 7 heteroatoms. The maximum absolute atomic E-state index is 12.3. The van der Waals surface area contributed by atoms with Crippen molar-refractivity contribution < 1.29 is 14.3 Å². The third kappa shape index (κ3) is 5.23. The van der Waals surface area contributed by atoms with Gasteiger partial charge in [-0.2, -0.15) is 0 Å². The minimum absolute atomic E-state index is 0.192. The Morgan fingerprint density at radius 3 is 2.77 bits per heavy atom. The summed E-state index contributed by atoms with van der Waals surface area (Å²) in [5.41, 5.74) is 8.11. The number of hydrogen-bond donors (Lipinski definition) is 2. The largest absolute Gasteiger partial charge is 0.490 e. The highest BCUT2D eigenvalue weighted by Crippen LogP contribution is 2.32. The predicted molar refractivity (Wildman–Crippen MR) is 117 cm³/mol. The van der Waals surface area contributed by atoms with Crippen molar-refractivity contribution in [3.63, 3.8) is 0 Å². The van der Waals surface area contributed by atoms with Crippen molar-refractivity contribution in [3.8, 4) is 11.5 Å². The first-order chi connectivity index (χ1) is 14.7. The van der Waals surface area contributed by atoms with Crippen LogP contribution < -0.4 is 20.5 Å². The van der Waals surface area contributed by atoms with Gasteiger partial charge in [-0.05, 0) is 24.1 Å². The molecule has 2 aliphatic rings. The molecule has 3 N–H and O–H groups in total. The Labute approximate surface area is 176 Å². The van der Waals surface area contributed by atoms with Crippen LogP contribution in [0.1, 0.15) is 18.4 Å². The quantitative estimate of drug-likeness (QED) is 0.567. The summed E-state index contributed by atoms with van der Waals surface area (Å²) < 4.78 is 11.3. The molecule has 4 rings (SSSR count). The van der Waals surface area contributed by atoms with Crippen LogP contribution in [0.2, 0.25) is 0 Å². The number of rotatable bonds is 6. The van der Waals surface area contributed by atoms with Gasteiger partial charge in [0.1, 0.15) is 0 Å². The van der Waals surface area contributed by atoms with Crippen molar-refractivity contribution in [2.45, 2.75) is 19.3 Å². The zero-order valence-electron chi connectivity index (χ0n) is 17.0. The molecule has 0 aromatic heterocycles. The Morgan fingerprint density at radius 1 is 1.13 bits per heavy atom. The van der Waals surface area contributed by atoms with Gasteiger partial charge in [-0.3, -0.25) is 9.79 Å². The average Bonchev–Trinajstić information content (AvgIpc) is 2.95. The van der Waals surface area contributed by atoms with E-state index in [-0.39, 0.29) is 11.8 Å². The number of amides is 1. The van der Waals surface area contributed by atoms with E-state index in [1.165, 1.54) is 5.56 Å². The van der Waals surface area contributed by atoms with E-state index in [9.17, 15) is 4.79 Å². The maximum Gasteiger partial charge on any atom is 0.223 e. The van der Waals surface area contributed by atoms with Crippen LogP contribution in [-0.2, 0) is 11.2 Å². The van der Waals surface area contributed by atoms with Crippen molar-refractivity contribution in [1.29, 1.82) is 0 Å². The van der Waals surface area contributed by atoms with Crippen molar-refractivity contribution >= 4 is 17.6 Å². The molecule has 1 amide bonds. The second-order valence-electron chi connectivity index (χ2n) is 7.71. The molecule has 158 valence electrons. The monoisotopic (exact) mass is 408 g/mol. The SMILES string of the molecule is NC(=NCC1CC(=O)N(CCc2ccccc2)C1)Nc1ccc2c(c1)OCCCO2. The molecule has 0 radical (unpaired) electrons. The lowest BCUT2D eigenvalue weighted by molar-refractivity contribution is -0.127. The number of nitrogens with two attached hydrogens (primary N) is 1. The number of nitrogens with zero attached hydrogens (tertiary/aromatic N) is 2. The number of guanidine groups is 1. The van der Waals surface area contributed by atoms with E-state index in [0.717, 1.165) is 37.4 Å². The zero-order valence-corrected chi connectivity index (χ0v) is 17.0. The van der Waals surface area contributed by atoms with Crippen molar-refractivity contribution in [3.05, 3.63) is 54.1 Å². The van der Waals surface area contributed by atoms with Gasteiger partial charge in [-0.1, -0.05) is 30.3 Å². The fraction of sp³-hybridized carbons (Fsp3) is 0.391. The lowest BCUT2D eigenvalue weighted by Gasteiger charge is -2.16. The lowest BCUT2D eigenvalue weighted by atomic mass is 10.1. The van der Waals surface area contributed by atoms with Crippen molar-refractivity contribution in [2.75, 3.05) is 38.2 Å². The predicted octanol–water partition coefficient (Wildman–Crippen LogP) is 2.67. The number of fused-ring (bicyclic) bond motifs is 1. The highest BCUT2D eigenvalue weighted by atomic mass is 16.5. The molecule has 1 fully saturated rings. The molecule has 2 aliphatic heterocycles. The summed E-state index contributed by atoms with van der Waals surface area (Å²) in [7, 11) is 0. The van der Waals surface area contributed by atoms with Crippen LogP contribution in [0.15, 0.2) is 53.5 Å². The molecule has 30 heavy (non-hydrogen) atoms. The summed E-state index contributed by atoms with van der Waals surface area (Å²) in [5, 5.41) is 3.10. The minimum atomic E-state index is 0.192. The zero-order chi connectivity index (χ0) is 20.8. The number of likely N-dealkylation sites (tertiary alicyclic amines) is 1. The van der Waals surface area contributed by atoms with E-state index in [1.54, 1.807) is 0 Å². The third-order valence-electron chi connectivity index (χ3n) is 5.35. The maximum atomic E-state index is 12.3. The second-order valence-corrected chi connectivity index (χ2v) is 7.71. The van der Waals surface area contributed by atoms with E-state index in [0.29, 0.717) is 37.9 Å². The molecule has 1 atom stereocenters. The Hall–Kier alpha value is -3.22. The number of nitrogens with one attached hydrogen (secondary N) is 1. The van der Waals surface area contributed by atoms with Gasteiger partial charge < -0.3 is 25.4 Å². The summed E-state index contributed by atoms with van der Waals surface area (Å²) in [6.45, 7) is 3.29. The molecule has 1 unspecified atom stereocenters. The molecule has 0 aliphatic carbocycles. The first-order valence-corrected chi connectivity index (χ1v) is 10.5. The number of ether oxygens (including phenoxy) is 2. The van der Waals surface area contributed by atoms with Gasteiger partial charge in [-0.15, -0.1) is 0 Å². The fourth-order valence-electron chi connectivity index (χ4n) is 3.76. The first kappa shape index (κ1) is 20.1. The van der Waals surface area contributed by atoms with Crippen molar-refractivity contribution in [2.24, 2.45) is 16.6 Å². The Morgan fingerprint density at radius 2 is 1.93 bits per heavy atom. The normalized spacial score (nSPS) is 18.9. The molecule has 1 saturated heterocycles. The molecular formula is C23H28N4O3. The first-order valence-electron chi connectivity index (χ1n) is 10.5. The van der Waals surface area contributed by atoms with Gasteiger partial charge >= 0.3 is 0 Å². The number of carbonyl (C=O) groups is 1. The van der Waals surface area contributed by atoms with Gasteiger partial charge in [0.25, 0.3) is 0 Å². The fourth-order valence-corrected chi connectivity index (χ4v) is 3.76. The minimum Gasteiger partial charge on any atom is -0.490 e. The van der Waals surface area contributed by atoms with Crippen LogP contribution in [-0.4, -0.2) is 49.6 Å². The highest BCUT2D eigenvalue weighted by Gasteiger charge is 2.28. The third-order valence-corrected chi connectivity index (χ3v) is 5.35. The lowest BCUT2D eigenvalue weighted by Crippen LogP contribution is -2.28. The molecule has 0 spiro atoms. The molecular weight excluding hydrogens is 380 g/mol. The summed E-state index contributed by atoms with van der Waals surface area (Å²) in [6.07, 6.45) is 2.26. The van der Waals surface area contributed by atoms with Crippen LogP contribution in [0.5, 0.6) is 11.5 Å². The highest BCUT2D eigenvalue weighted by molar-refractivity contribution is 5.92. The molecule has 0 saturated carbocycles. The summed E-state index contributed by atoms with van der Waals surface area (Å²) >= 11 is 0. The standard InChI is InChI=1S/C23H28N4O3/c24-23(26-19-7-8-20-21(14-19)30-12-4-11-29-20)25-15-18-13-22(28)27(16-18)10-9-17-5-2-1-3-6-17/h1-3,5-8,14,18H,4,9-13,15-16H2,(H3,24,25,26). The molecule has 2 aromatic carbocycles. The van der Waals surface area contributed by atoms with Crippen LogP contribution in [0, 0.1) is 5.92 Å². The summed E-state index contributed by atoms with van der Waals surface area (Å²) in [5.74, 6) is 2.17. The van der Waals surface area contributed by atoms with Crippen LogP contribution in [0.3, 0.4) is 0 Å². The molecule has 2 heterocycles. The second kappa shape index (κ2) is 9.52. The Kier molecular flexibility index (Phi) is 6.37. The topological polar surface area (TPSA) is 89.2 Å². The van der Waals surface area contributed by atoms with Gasteiger partial charge in [-0.25, -0.2) is 0 Å². The Bertz CT molecular complexity index is 901. The smallest absolute Gasteiger partial charge is 0.223 e. The number of carbonyl (C=O) groups excluding carboxylic acids is 1. The van der Waals surface area contributed by atoms with Crippen LogP contribution in [0.4, 0.5) is 5.69 Å². The number of benzene rings is 2. The number of hydrogen-bond acceptors (Lipinski definition) is 4. The Balaban J connectivity index is 1.27. The van der Waals surface area contributed by atoms with E-state index < -0.39 is 0 Å². The number of aliphatic imine (C=N–C) groups is 1. The van der Waals surface area contributed by atoms with Gasteiger partial charge in [0.2, 0.25) is 5.91 Å². The summed E-state index contributed by atoms with van der Waals surface area (Å²) in [6, 6.07) is 15.9. The van der Waals surface area contributed by atoms with E-state index >= 15 is 0 Å².